The minimum atomic E-state index is 0.0385. The Hall–Kier alpha value is 0.0569. The predicted molar refractivity (Wildman–Crippen MR) is 78.6 cm³/mol. The minimum Gasteiger partial charge on any atom is -0.423 e. The van der Waals surface area contributed by atoms with Crippen LogP contribution in [0.2, 0.25) is 0 Å². The fraction of sp³-hybridized carbons (Fsp3) is 1.00. The van der Waals surface area contributed by atoms with E-state index in [2.05, 4.69) is 32.6 Å². The lowest BCUT2D eigenvalue weighted by molar-refractivity contribution is -0.117. The molecule has 0 amide bonds. The van der Waals surface area contributed by atoms with Gasteiger partial charge < -0.3 is 13.9 Å². The average molecular weight is 277 g/mol. The van der Waals surface area contributed by atoms with Crippen molar-refractivity contribution in [1.82, 2.24) is 4.90 Å². The van der Waals surface area contributed by atoms with Crippen molar-refractivity contribution in [2.75, 3.05) is 20.8 Å². The molecule has 0 radical (unpaired) electrons. The predicted octanol–water partition coefficient (Wildman–Crippen LogP) is 1.52. The molecule has 0 fully saturated rings. The Morgan fingerprint density at radius 2 is 1.56 bits per heavy atom. The minimum absolute atomic E-state index is 0.0385. The number of hydrogen-bond acceptors (Lipinski definition) is 4. The molecule has 0 heterocycles. The van der Waals surface area contributed by atoms with E-state index in [0.717, 1.165) is 29.9 Å². The number of rotatable bonds is 10. The van der Waals surface area contributed by atoms with Gasteiger partial charge in [-0.1, -0.05) is 0 Å². The van der Waals surface area contributed by atoms with E-state index in [1.807, 2.05) is 0 Å². The monoisotopic (exact) mass is 277 g/mol. The number of ether oxygens (including phenoxy) is 2. The first-order chi connectivity index (χ1) is 8.37. The summed E-state index contributed by atoms with van der Waals surface area (Å²) in [7, 11) is 4.28. The average Bonchev–Trinajstić information content (AvgIpc) is 2.37. The highest BCUT2D eigenvalue weighted by Crippen LogP contribution is 2.17. The molecule has 0 aliphatic rings. The fourth-order valence-corrected chi connectivity index (χ4v) is 2.08. The Balaban J connectivity index is 4.05. The van der Waals surface area contributed by atoms with Crippen molar-refractivity contribution < 1.29 is 13.9 Å². The first kappa shape index (κ1) is 18.1. The zero-order valence-electron chi connectivity index (χ0n) is 13.2. The molecule has 2 atom stereocenters. The second kappa shape index (κ2) is 9.04. The summed E-state index contributed by atoms with van der Waals surface area (Å²) in [6.07, 6.45) is 3.58. The Labute approximate surface area is 116 Å². The molecule has 4 nitrogen and oxygen atoms in total. The van der Waals surface area contributed by atoms with Gasteiger partial charge in [0.1, 0.15) is 22.9 Å². The van der Waals surface area contributed by atoms with Gasteiger partial charge in [-0.05, 0) is 47.0 Å². The van der Waals surface area contributed by atoms with E-state index in [-0.39, 0.29) is 18.1 Å². The topological polar surface area (TPSA) is 30.9 Å². The number of unbranched alkanes of at least 4 members (excludes halogenated alkanes) is 1. The normalized spacial score (nSPS) is 16.2. The smallest absolute Gasteiger partial charge is 0.146 e. The highest BCUT2D eigenvalue weighted by molar-refractivity contribution is 5.98. The van der Waals surface area contributed by atoms with Gasteiger partial charge in [0, 0.05) is 26.4 Å². The lowest BCUT2D eigenvalue weighted by atomic mass is 10.0. The van der Waals surface area contributed by atoms with Gasteiger partial charge in [-0.3, -0.25) is 4.90 Å². The highest BCUT2D eigenvalue weighted by atomic mass is 28.2. The van der Waals surface area contributed by atoms with Crippen molar-refractivity contribution >= 4 is 10.5 Å². The van der Waals surface area contributed by atoms with Crippen LogP contribution in [0.25, 0.3) is 0 Å². The van der Waals surface area contributed by atoms with Crippen molar-refractivity contribution in [3.05, 3.63) is 0 Å². The van der Waals surface area contributed by atoms with Gasteiger partial charge in [0.25, 0.3) is 0 Å². The molecule has 0 saturated carbocycles. The molecule has 2 unspecified atom stereocenters. The third-order valence-electron chi connectivity index (χ3n) is 3.61. The van der Waals surface area contributed by atoms with E-state index in [4.69, 9.17) is 13.9 Å². The van der Waals surface area contributed by atoms with E-state index in [1.165, 1.54) is 6.42 Å². The van der Waals surface area contributed by atoms with Gasteiger partial charge in [-0.2, -0.15) is 0 Å². The quantitative estimate of drug-likeness (QED) is 0.344. The zero-order chi connectivity index (χ0) is 14.2. The van der Waals surface area contributed by atoms with E-state index in [1.54, 1.807) is 14.2 Å². The SMILES string of the molecule is COC(C)N(CCCCC(C)(C)O[SiH3])C(C)OC. The van der Waals surface area contributed by atoms with Crippen molar-refractivity contribution in [2.24, 2.45) is 0 Å². The molecule has 18 heavy (non-hydrogen) atoms. The summed E-state index contributed by atoms with van der Waals surface area (Å²) in [4.78, 5) is 2.23. The van der Waals surface area contributed by atoms with Crippen LogP contribution in [0.3, 0.4) is 0 Å². The van der Waals surface area contributed by atoms with Crippen LogP contribution < -0.4 is 0 Å². The first-order valence-electron chi connectivity index (χ1n) is 6.74. The summed E-state index contributed by atoms with van der Waals surface area (Å²) in [5.41, 5.74) is 0.0385. The molecule has 0 rings (SSSR count). The Kier molecular flexibility index (Phi) is 9.07. The van der Waals surface area contributed by atoms with Crippen molar-refractivity contribution in [3.63, 3.8) is 0 Å². The van der Waals surface area contributed by atoms with Crippen LogP contribution in [0, 0.1) is 0 Å². The molecule has 110 valence electrons. The second-order valence-electron chi connectivity index (χ2n) is 5.33. The molecular formula is C13H31NO3Si. The van der Waals surface area contributed by atoms with Crippen molar-refractivity contribution in [1.29, 1.82) is 0 Å². The summed E-state index contributed by atoms with van der Waals surface area (Å²) < 4.78 is 16.3. The maximum absolute atomic E-state index is 5.56. The summed E-state index contributed by atoms with van der Waals surface area (Å²) in [5, 5.41) is 0. The summed E-state index contributed by atoms with van der Waals surface area (Å²) in [6, 6.07) is 0. The van der Waals surface area contributed by atoms with Gasteiger partial charge in [0.2, 0.25) is 0 Å². The zero-order valence-corrected chi connectivity index (χ0v) is 15.2. The molecule has 0 aliphatic heterocycles. The number of methoxy groups -OCH3 is 2. The summed E-state index contributed by atoms with van der Waals surface area (Å²) in [5.74, 6) is 0. The van der Waals surface area contributed by atoms with Gasteiger partial charge >= 0.3 is 0 Å². The van der Waals surface area contributed by atoms with E-state index in [0.29, 0.717) is 0 Å². The third-order valence-corrected chi connectivity index (χ3v) is 4.72. The second-order valence-corrected chi connectivity index (χ2v) is 5.74. The van der Waals surface area contributed by atoms with Crippen LogP contribution in [0.4, 0.5) is 0 Å². The molecule has 0 aromatic rings. The standard InChI is InChI=1S/C13H31NO3Si/c1-11(15-5)14(12(2)16-6)10-8-7-9-13(3,4)17-18/h11-12H,7-10H2,1-6,18H3. The van der Waals surface area contributed by atoms with Crippen LogP contribution in [-0.4, -0.2) is 54.2 Å². The molecular weight excluding hydrogens is 246 g/mol. The van der Waals surface area contributed by atoms with E-state index < -0.39 is 0 Å². The summed E-state index contributed by atoms with van der Waals surface area (Å²) in [6.45, 7) is 9.42. The Morgan fingerprint density at radius 3 is 1.94 bits per heavy atom. The Morgan fingerprint density at radius 1 is 1.06 bits per heavy atom. The summed E-state index contributed by atoms with van der Waals surface area (Å²) >= 11 is 0. The van der Waals surface area contributed by atoms with Crippen LogP contribution in [0.5, 0.6) is 0 Å². The van der Waals surface area contributed by atoms with Crippen molar-refractivity contribution in [3.8, 4) is 0 Å². The first-order valence-corrected chi connectivity index (χ1v) is 7.56. The van der Waals surface area contributed by atoms with Crippen LogP contribution in [0.15, 0.2) is 0 Å². The molecule has 0 N–H and O–H groups in total. The van der Waals surface area contributed by atoms with Crippen molar-refractivity contribution in [2.45, 2.75) is 65.0 Å². The van der Waals surface area contributed by atoms with Gasteiger partial charge in [0.15, 0.2) is 0 Å². The molecule has 0 saturated heterocycles. The molecule has 0 bridgehead atoms. The maximum atomic E-state index is 5.56. The van der Waals surface area contributed by atoms with Gasteiger partial charge in [-0.25, -0.2) is 0 Å². The highest BCUT2D eigenvalue weighted by Gasteiger charge is 2.20. The lowest BCUT2D eigenvalue weighted by Crippen LogP contribution is -2.42. The van der Waals surface area contributed by atoms with Gasteiger partial charge in [0.05, 0.1) is 0 Å². The van der Waals surface area contributed by atoms with Crippen LogP contribution in [0.1, 0.15) is 47.0 Å². The maximum Gasteiger partial charge on any atom is 0.146 e. The largest absolute Gasteiger partial charge is 0.423 e. The molecule has 0 aromatic heterocycles. The van der Waals surface area contributed by atoms with E-state index >= 15 is 0 Å². The number of hydrogen-bond donors (Lipinski definition) is 0. The Bertz CT molecular complexity index is 204. The van der Waals surface area contributed by atoms with Gasteiger partial charge in [-0.15, -0.1) is 0 Å². The number of nitrogens with zero attached hydrogens (tertiary/aromatic N) is 1. The lowest BCUT2D eigenvalue weighted by Gasteiger charge is -2.33. The fourth-order valence-electron chi connectivity index (χ4n) is 1.88. The molecule has 0 aromatic carbocycles. The van der Waals surface area contributed by atoms with Crippen LogP contribution in [-0.2, 0) is 13.9 Å². The molecule has 0 spiro atoms. The van der Waals surface area contributed by atoms with E-state index in [9.17, 15) is 0 Å². The molecule has 0 aliphatic carbocycles. The molecule has 5 heteroatoms. The van der Waals surface area contributed by atoms with Crippen LogP contribution >= 0.6 is 0 Å². The third kappa shape index (κ3) is 6.85.